The Morgan fingerprint density at radius 1 is 1.04 bits per heavy atom. The van der Waals surface area contributed by atoms with E-state index in [9.17, 15) is 0 Å². The highest BCUT2D eigenvalue weighted by atomic mass is 14.9. The summed E-state index contributed by atoms with van der Waals surface area (Å²) in [5.41, 5.74) is 5.05. The number of nitrogens with one attached hydrogen (secondary N) is 1. The van der Waals surface area contributed by atoms with E-state index >= 15 is 0 Å². The third-order valence-corrected chi connectivity index (χ3v) is 3.64. The van der Waals surface area contributed by atoms with Crippen LogP contribution in [0.1, 0.15) is 24.5 Å². The fourth-order valence-electron chi connectivity index (χ4n) is 2.45. The first-order valence-corrected chi connectivity index (χ1v) is 8.17. The van der Waals surface area contributed by atoms with E-state index in [1.54, 1.807) is 0 Å². The maximum atomic E-state index is 3.82. The summed E-state index contributed by atoms with van der Waals surface area (Å²) in [4.78, 5) is 0. The molecule has 0 aromatic heterocycles. The first-order valence-electron chi connectivity index (χ1n) is 8.17. The number of hydrogen-bond donors (Lipinski definition) is 1. The van der Waals surface area contributed by atoms with Gasteiger partial charge in [-0.1, -0.05) is 86.3 Å². The normalized spacial score (nSPS) is 11.6. The van der Waals surface area contributed by atoms with Crippen molar-refractivity contribution in [2.24, 2.45) is 0 Å². The molecule has 23 heavy (non-hydrogen) atoms. The Hall–Kier alpha value is -2.54. The van der Waals surface area contributed by atoms with Gasteiger partial charge in [-0.15, -0.1) is 0 Å². The van der Waals surface area contributed by atoms with E-state index < -0.39 is 0 Å². The first kappa shape index (κ1) is 16.8. The first-order chi connectivity index (χ1) is 11.3. The smallest absolute Gasteiger partial charge is 0.0400 e. The zero-order valence-electron chi connectivity index (χ0n) is 13.8. The summed E-state index contributed by atoms with van der Waals surface area (Å²) in [5.74, 6) is 0. The van der Waals surface area contributed by atoms with E-state index in [0.29, 0.717) is 0 Å². The molecule has 1 heteroatoms. The highest BCUT2D eigenvalue weighted by Crippen LogP contribution is 2.20. The van der Waals surface area contributed by atoms with Gasteiger partial charge in [0.2, 0.25) is 0 Å². The second-order valence-corrected chi connectivity index (χ2v) is 5.46. The van der Waals surface area contributed by atoms with Crippen molar-refractivity contribution in [2.45, 2.75) is 26.3 Å². The Morgan fingerprint density at radius 3 is 2.52 bits per heavy atom. The van der Waals surface area contributed by atoms with E-state index in [1.807, 2.05) is 12.1 Å². The largest absolute Gasteiger partial charge is 0.381 e. The number of para-hydroxylation sites is 1. The molecule has 0 spiro atoms. The second-order valence-electron chi connectivity index (χ2n) is 5.46. The number of benzene rings is 2. The number of hydrogen-bond acceptors (Lipinski definition) is 1. The van der Waals surface area contributed by atoms with Crippen molar-refractivity contribution >= 4 is 5.69 Å². The molecule has 0 amide bonds. The van der Waals surface area contributed by atoms with Gasteiger partial charge in [-0.25, -0.2) is 0 Å². The molecule has 0 aliphatic heterocycles. The van der Waals surface area contributed by atoms with Gasteiger partial charge in [0.1, 0.15) is 0 Å². The molecule has 118 valence electrons. The molecule has 0 heterocycles. The molecule has 2 aromatic carbocycles. The Labute approximate surface area is 140 Å². The SMILES string of the molecule is C=C/C=C(\C=C/CC)Cc1ccccc1NCc1ccccc1. The van der Waals surface area contributed by atoms with Gasteiger partial charge < -0.3 is 5.32 Å². The van der Waals surface area contributed by atoms with E-state index in [0.717, 1.165) is 19.4 Å². The Kier molecular flexibility index (Phi) is 6.93. The lowest BCUT2D eigenvalue weighted by Crippen LogP contribution is -2.02. The topological polar surface area (TPSA) is 12.0 Å². The standard InChI is InChI=1S/C22H25N/c1-3-5-12-19(11-4-2)17-21-15-9-10-16-22(21)23-18-20-13-7-6-8-14-20/h4-16,23H,2-3,17-18H2,1H3/b12-5-,19-11+. The van der Waals surface area contributed by atoms with Gasteiger partial charge in [0.05, 0.1) is 0 Å². The third-order valence-electron chi connectivity index (χ3n) is 3.64. The van der Waals surface area contributed by atoms with Crippen molar-refractivity contribution in [2.75, 3.05) is 5.32 Å². The maximum Gasteiger partial charge on any atom is 0.0400 e. The van der Waals surface area contributed by atoms with E-state index in [-0.39, 0.29) is 0 Å². The van der Waals surface area contributed by atoms with Crippen molar-refractivity contribution in [3.05, 3.63) is 102 Å². The van der Waals surface area contributed by atoms with Gasteiger partial charge in [0.15, 0.2) is 0 Å². The minimum absolute atomic E-state index is 0.836. The Morgan fingerprint density at radius 2 is 1.78 bits per heavy atom. The molecule has 0 saturated heterocycles. The minimum Gasteiger partial charge on any atom is -0.381 e. The summed E-state index contributed by atoms with van der Waals surface area (Å²) in [6, 6.07) is 19.0. The summed E-state index contributed by atoms with van der Waals surface area (Å²) in [6.45, 7) is 6.81. The highest BCUT2D eigenvalue weighted by Gasteiger charge is 2.03. The number of anilines is 1. The Bertz CT molecular complexity index is 665. The molecule has 0 fully saturated rings. The van der Waals surface area contributed by atoms with Crippen molar-refractivity contribution in [3.8, 4) is 0 Å². The molecular formula is C22H25N. The van der Waals surface area contributed by atoms with E-state index in [1.165, 1.54) is 22.4 Å². The molecule has 0 bridgehead atoms. The van der Waals surface area contributed by atoms with Crippen LogP contribution in [0, 0.1) is 0 Å². The highest BCUT2D eigenvalue weighted by molar-refractivity contribution is 5.53. The van der Waals surface area contributed by atoms with Crippen LogP contribution in [0.25, 0.3) is 0 Å². The average Bonchev–Trinajstić information content (AvgIpc) is 2.60. The van der Waals surface area contributed by atoms with Crippen LogP contribution in [0.3, 0.4) is 0 Å². The summed E-state index contributed by atoms with van der Waals surface area (Å²) < 4.78 is 0. The van der Waals surface area contributed by atoms with Crippen LogP contribution < -0.4 is 5.32 Å². The van der Waals surface area contributed by atoms with Crippen LogP contribution in [0.2, 0.25) is 0 Å². The average molecular weight is 303 g/mol. The fraction of sp³-hybridized carbons (Fsp3) is 0.182. The van der Waals surface area contributed by atoms with Gasteiger partial charge >= 0.3 is 0 Å². The molecule has 1 nitrogen and oxygen atoms in total. The molecule has 0 unspecified atom stereocenters. The summed E-state index contributed by atoms with van der Waals surface area (Å²) in [5, 5.41) is 3.56. The molecule has 0 radical (unpaired) electrons. The molecule has 0 atom stereocenters. The predicted octanol–water partition coefficient (Wildman–Crippen LogP) is 5.92. The van der Waals surface area contributed by atoms with Crippen LogP contribution in [0.5, 0.6) is 0 Å². The van der Waals surface area contributed by atoms with Gasteiger partial charge in [-0.05, 0) is 35.6 Å². The minimum atomic E-state index is 0.836. The summed E-state index contributed by atoms with van der Waals surface area (Å²) in [6.07, 6.45) is 10.3. The van der Waals surface area contributed by atoms with Crippen LogP contribution in [-0.2, 0) is 13.0 Å². The number of rotatable bonds is 8. The molecule has 1 N–H and O–H groups in total. The van der Waals surface area contributed by atoms with Crippen molar-refractivity contribution in [3.63, 3.8) is 0 Å². The van der Waals surface area contributed by atoms with E-state index in [2.05, 4.69) is 85.6 Å². The summed E-state index contributed by atoms with van der Waals surface area (Å²) in [7, 11) is 0. The van der Waals surface area contributed by atoms with Crippen molar-refractivity contribution < 1.29 is 0 Å². The number of allylic oxidation sites excluding steroid dienone is 5. The predicted molar refractivity (Wildman–Crippen MR) is 102 cm³/mol. The lowest BCUT2D eigenvalue weighted by Gasteiger charge is -2.13. The molecule has 0 saturated carbocycles. The molecule has 0 aliphatic carbocycles. The van der Waals surface area contributed by atoms with Gasteiger partial charge in [0.25, 0.3) is 0 Å². The van der Waals surface area contributed by atoms with Crippen molar-refractivity contribution in [1.29, 1.82) is 0 Å². The quantitative estimate of drug-likeness (QED) is 0.597. The lowest BCUT2D eigenvalue weighted by atomic mass is 10.0. The maximum absolute atomic E-state index is 3.82. The fourth-order valence-corrected chi connectivity index (χ4v) is 2.45. The second kappa shape index (κ2) is 9.47. The monoisotopic (exact) mass is 303 g/mol. The van der Waals surface area contributed by atoms with Crippen molar-refractivity contribution in [1.82, 2.24) is 0 Å². The molecular weight excluding hydrogens is 278 g/mol. The molecule has 2 rings (SSSR count). The third kappa shape index (κ3) is 5.63. The lowest BCUT2D eigenvalue weighted by molar-refractivity contribution is 1.11. The van der Waals surface area contributed by atoms with Crippen LogP contribution in [-0.4, -0.2) is 0 Å². The van der Waals surface area contributed by atoms with Gasteiger partial charge in [-0.2, -0.15) is 0 Å². The van der Waals surface area contributed by atoms with E-state index in [4.69, 9.17) is 0 Å². The van der Waals surface area contributed by atoms with Crippen LogP contribution >= 0.6 is 0 Å². The van der Waals surface area contributed by atoms with Crippen LogP contribution in [0.4, 0.5) is 5.69 Å². The van der Waals surface area contributed by atoms with Gasteiger partial charge in [0, 0.05) is 12.2 Å². The summed E-state index contributed by atoms with van der Waals surface area (Å²) >= 11 is 0. The Balaban J connectivity index is 2.11. The molecule has 2 aromatic rings. The van der Waals surface area contributed by atoms with Gasteiger partial charge in [-0.3, -0.25) is 0 Å². The molecule has 0 aliphatic rings. The zero-order chi connectivity index (χ0) is 16.3. The zero-order valence-corrected chi connectivity index (χ0v) is 13.8. The van der Waals surface area contributed by atoms with Crippen LogP contribution in [0.15, 0.2) is 91.1 Å².